The number of aliphatic hydroxyl groups excluding tert-OH is 2. The van der Waals surface area contributed by atoms with Crippen LogP contribution < -0.4 is 5.73 Å². The second-order valence-corrected chi connectivity index (χ2v) is 6.28. The normalized spacial score (nSPS) is 29.7. The molecule has 1 saturated heterocycles. The van der Waals surface area contributed by atoms with Gasteiger partial charge in [-0.15, -0.1) is 0 Å². The van der Waals surface area contributed by atoms with Crippen LogP contribution in [0.2, 0.25) is 0 Å². The summed E-state index contributed by atoms with van der Waals surface area (Å²) < 4.78 is 16.9. The van der Waals surface area contributed by atoms with Gasteiger partial charge < -0.3 is 35.6 Å². The summed E-state index contributed by atoms with van der Waals surface area (Å²) in [4.78, 5) is 32.3. The summed E-state index contributed by atoms with van der Waals surface area (Å²) in [6, 6.07) is 0. The first-order valence-corrected chi connectivity index (χ1v) is 7.53. The molecule has 4 atom stereocenters. The van der Waals surface area contributed by atoms with Crippen LogP contribution in [-0.2, 0) is 9.30 Å². The van der Waals surface area contributed by atoms with Crippen molar-refractivity contribution in [2.45, 2.75) is 24.5 Å². The molecule has 0 aliphatic carbocycles. The third-order valence-corrected chi connectivity index (χ3v) is 3.87. The Bertz CT molecular complexity index is 598. The fraction of sp³-hybridized carbons (Fsp3) is 0.556. The number of ether oxygens (including phenoxy) is 1. The highest BCUT2D eigenvalue weighted by Gasteiger charge is 2.46. The molecule has 1 aromatic heterocycles. The van der Waals surface area contributed by atoms with Gasteiger partial charge in [0.15, 0.2) is 11.9 Å². The maximum Gasteiger partial charge on any atom is 0.328 e. The summed E-state index contributed by atoms with van der Waals surface area (Å²) in [5.74, 6) is -1.69. The number of imidazole rings is 1. The SMILES string of the molecule is NC(=O)c1ncn([C@@H]2O[C@H](CP(=O)(O)O)[C@@H](O)[C@H]2O)c1O. The van der Waals surface area contributed by atoms with Crippen molar-refractivity contribution in [3.8, 4) is 5.88 Å². The van der Waals surface area contributed by atoms with E-state index >= 15 is 0 Å². The number of primary amides is 1. The van der Waals surface area contributed by atoms with Crippen molar-refractivity contribution in [1.29, 1.82) is 0 Å². The molecule has 0 aromatic carbocycles. The maximum absolute atomic E-state index is 11.0. The van der Waals surface area contributed by atoms with Crippen LogP contribution in [0.25, 0.3) is 0 Å². The molecule has 2 heterocycles. The summed E-state index contributed by atoms with van der Waals surface area (Å²) in [5.41, 5.74) is 4.51. The van der Waals surface area contributed by atoms with E-state index in [1.807, 2.05) is 0 Å². The van der Waals surface area contributed by atoms with E-state index in [0.717, 1.165) is 10.9 Å². The summed E-state index contributed by atoms with van der Waals surface area (Å²) in [6.45, 7) is 0. The predicted octanol–water partition coefficient (Wildman–Crippen LogP) is -2.52. The predicted molar refractivity (Wildman–Crippen MR) is 65.2 cm³/mol. The molecule has 0 unspecified atom stereocenters. The van der Waals surface area contributed by atoms with Gasteiger partial charge in [-0.25, -0.2) is 4.98 Å². The lowest BCUT2D eigenvalue weighted by Crippen LogP contribution is -2.33. The van der Waals surface area contributed by atoms with E-state index < -0.39 is 55.8 Å². The molecule has 7 N–H and O–H groups in total. The van der Waals surface area contributed by atoms with Crippen molar-refractivity contribution in [3.05, 3.63) is 12.0 Å². The van der Waals surface area contributed by atoms with E-state index in [0.29, 0.717) is 0 Å². The van der Waals surface area contributed by atoms with Gasteiger partial charge in [0.25, 0.3) is 5.91 Å². The fourth-order valence-corrected chi connectivity index (χ4v) is 2.83. The Morgan fingerprint density at radius 2 is 2.05 bits per heavy atom. The molecule has 0 saturated carbocycles. The van der Waals surface area contributed by atoms with Crippen molar-refractivity contribution in [2.75, 3.05) is 6.16 Å². The van der Waals surface area contributed by atoms with Crippen LogP contribution in [0.4, 0.5) is 0 Å². The van der Waals surface area contributed by atoms with Crippen LogP contribution in [0.5, 0.6) is 5.88 Å². The number of carbonyl (C=O) groups is 1. The molecule has 1 aliphatic rings. The molecule has 0 spiro atoms. The van der Waals surface area contributed by atoms with Gasteiger partial charge in [-0.2, -0.15) is 0 Å². The summed E-state index contributed by atoms with van der Waals surface area (Å²) in [7, 11) is -4.48. The Balaban J connectivity index is 2.26. The molecule has 11 nitrogen and oxygen atoms in total. The molecule has 1 aliphatic heterocycles. The highest BCUT2D eigenvalue weighted by molar-refractivity contribution is 7.51. The Morgan fingerprint density at radius 3 is 2.52 bits per heavy atom. The monoisotopic (exact) mass is 323 g/mol. The van der Waals surface area contributed by atoms with Gasteiger partial charge in [-0.05, 0) is 0 Å². The number of aliphatic hydroxyl groups is 2. The molecule has 0 radical (unpaired) electrons. The maximum atomic E-state index is 11.0. The first-order valence-electron chi connectivity index (χ1n) is 5.73. The quantitative estimate of drug-likeness (QED) is 0.325. The van der Waals surface area contributed by atoms with Gasteiger partial charge in [-0.3, -0.25) is 13.9 Å². The first kappa shape index (κ1) is 15.9. The van der Waals surface area contributed by atoms with Crippen molar-refractivity contribution < 1.29 is 39.2 Å². The van der Waals surface area contributed by atoms with Crippen molar-refractivity contribution in [3.63, 3.8) is 0 Å². The highest BCUT2D eigenvalue weighted by atomic mass is 31.2. The number of nitrogens with two attached hydrogens (primary N) is 1. The Hall–Kier alpha value is -1.49. The van der Waals surface area contributed by atoms with E-state index in [1.54, 1.807) is 0 Å². The Morgan fingerprint density at radius 1 is 1.43 bits per heavy atom. The van der Waals surface area contributed by atoms with Crippen molar-refractivity contribution >= 4 is 13.5 Å². The summed E-state index contributed by atoms with van der Waals surface area (Å²) in [5, 5.41) is 29.3. The molecule has 12 heteroatoms. The zero-order valence-electron chi connectivity index (χ0n) is 10.5. The van der Waals surface area contributed by atoms with E-state index in [-0.39, 0.29) is 0 Å². The second-order valence-electron chi connectivity index (χ2n) is 4.58. The average molecular weight is 323 g/mol. The zero-order valence-corrected chi connectivity index (χ0v) is 11.4. The van der Waals surface area contributed by atoms with Crippen LogP contribution in [0.3, 0.4) is 0 Å². The molecule has 118 valence electrons. The highest BCUT2D eigenvalue weighted by Crippen LogP contribution is 2.41. The van der Waals surface area contributed by atoms with E-state index in [9.17, 15) is 24.7 Å². The molecule has 21 heavy (non-hydrogen) atoms. The number of carbonyl (C=O) groups excluding carboxylic acids is 1. The van der Waals surface area contributed by atoms with Gasteiger partial charge in [0.05, 0.1) is 6.16 Å². The Kier molecular flexibility index (Phi) is 4.06. The third kappa shape index (κ3) is 3.07. The van der Waals surface area contributed by atoms with Crippen LogP contribution in [0.15, 0.2) is 6.33 Å². The molecule has 1 fully saturated rings. The Labute approximate surface area is 117 Å². The minimum atomic E-state index is -4.48. The number of amides is 1. The van der Waals surface area contributed by atoms with Crippen LogP contribution in [-0.4, -0.2) is 65.0 Å². The fourth-order valence-electron chi connectivity index (χ4n) is 2.06. The zero-order chi connectivity index (χ0) is 15.9. The smallest absolute Gasteiger partial charge is 0.328 e. The molecule has 1 aromatic rings. The number of aromatic nitrogens is 2. The molecule has 2 rings (SSSR count). The lowest BCUT2D eigenvalue weighted by molar-refractivity contribution is -0.0356. The lowest BCUT2D eigenvalue weighted by Gasteiger charge is -2.16. The van der Waals surface area contributed by atoms with Gasteiger partial charge in [-0.1, -0.05) is 0 Å². The van der Waals surface area contributed by atoms with E-state index in [1.165, 1.54) is 0 Å². The third-order valence-electron chi connectivity index (χ3n) is 3.03. The van der Waals surface area contributed by atoms with Crippen LogP contribution in [0, 0.1) is 0 Å². The number of hydrogen-bond donors (Lipinski definition) is 6. The number of hydrogen-bond acceptors (Lipinski definition) is 7. The van der Waals surface area contributed by atoms with Gasteiger partial charge in [0.2, 0.25) is 5.88 Å². The number of nitrogens with zero attached hydrogens (tertiary/aromatic N) is 2. The molecular weight excluding hydrogens is 309 g/mol. The molecule has 0 bridgehead atoms. The second kappa shape index (κ2) is 5.37. The standard InChI is InChI=1S/C9H14N3O8P/c10-7(15)4-8(16)12(2-11-4)9-6(14)5(13)3(20-9)1-21(17,18)19/h2-3,5-6,9,13-14,16H,1H2,(H2,10,15)(H2,17,18,19)/t3-,5-,6-,9-/m1/s1. The number of aromatic hydroxyl groups is 1. The van der Waals surface area contributed by atoms with E-state index in [4.69, 9.17) is 20.3 Å². The largest absolute Gasteiger partial charge is 0.493 e. The molecular formula is C9H14N3O8P. The van der Waals surface area contributed by atoms with Crippen molar-refractivity contribution in [2.24, 2.45) is 5.73 Å². The molecule has 1 amide bonds. The minimum Gasteiger partial charge on any atom is -0.493 e. The van der Waals surface area contributed by atoms with Gasteiger partial charge >= 0.3 is 7.60 Å². The van der Waals surface area contributed by atoms with Crippen LogP contribution in [0.1, 0.15) is 16.7 Å². The van der Waals surface area contributed by atoms with Gasteiger partial charge in [0.1, 0.15) is 24.6 Å². The van der Waals surface area contributed by atoms with Gasteiger partial charge in [0, 0.05) is 0 Å². The van der Waals surface area contributed by atoms with Crippen molar-refractivity contribution in [1.82, 2.24) is 9.55 Å². The van der Waals surface area contributed by atoms with Crippen LogP contribution >= 0.6 is 7.60 Å². The minimum absolute atomic E-state index is 0.460. The summed E-state index contributed by atoms with van der Waals surface area (Å²) >= 11 is 0. The summed E-state index contributed by atoms with van der Waals surface area (Å²) in [6.07, 6.45) is -5.72. The topological polar surface area (TPSA) is 188 Å². The average Bonchev–Trinajstić information content (AvgIpc) is 2.83. The van der Waals surface area contributed by atoms with E-state index in [2.05, 4.69) is 4.98 Å². The number of rotatable bonds is 4. The first-order chi connectivity index (χ1) is 9.61. The lowest BCUT2D eigenvalue weighted by atomic mass is 10.1.